The number of thiazole rings is 1. The Hall–Kier alpha value is -1.35. The van der Waals surface area contributed by atoms with Crippen LogP contribution in [-0.2, 0) is 0 Å². The maximum absolute atomic E-state index is 4.25. The minimum atomic E-state index is 1.01. The van der Waals surface area contributed by atoms with Gasteiger partial charge in [0, 0.05) is 23.2 Å². The van der Waals surface area contributed by atoms with Gasteiger partial charge in [0.25, 0.3) is 0 Å². The monoisotopic (exact) mass is 245 g/mol. The summed E-state index contributed by atoms with van der Waals surface area (Å²) < 4.78 is 0. The first-order valence-electron chi connectivity index (χ1n) is 6.06. The maximum Gasteiger partial charge on any atom is 0.152 e. The van der Waals surface area contributed by atoms with Crippen molar-refractivity contribution in [3.63, 3.8) is 0 Å². The molecule has 0 aliphatic carbocycles. The molecule has 2 aromatic rings. The molecule has 1 aromatic carbocycles. The van der Waals surface area contributed by atoms with Crippen LogP contribution in [0, 0.1) is 5.51 Å². The van der Waals surface area contributed by atoms with Gasteiger partial charge in [-0.1, -0.05) is 38.0 Å². The number of rotatable bonds is 6. The van der Waals surface area contributed by atoms with Crippen LogP contribution in [0.2, 0.25) is 0 Å². The molecule has 0 atom stereocenters. The van der Waals surface area contributed by atoms with Crippen LogP contribution in [-0.4, -0.2) is 11.5 Å². The average molecular weight is 245 g/mol. The van der Waals surface area contributed by atoms with E-state index in [2.05, 4.69) is 40.9 Å². The first-order valence-corrected chi connectivity index (χ1v) is 6.94. The molecule has 0 aliphatic rings. The van der Waals surface area contributed by atoms with Gasteiger partial charge in [-0.2, -0.15) is 0 Å². The van der Waals surface area contributed by atoms with Crippen LogP contribution in [0.15, 0.2) is 29.6 Å². The van der Waals surface area contributed by atoms with Crippen molar-refractivity contribution >= 4 is 17.0 Å². The smallest absolute Gasteiger partial charge is 0.152 e. The molecule has 1 heterocycles. The van der Waals surface area contributed by atoms with Crippen LogP contribution in [0.3, 0.4) is 0 Å². The minimum Gasteiger partial charge on any atom is -0.384 e. The molecule has 0 spiro atoms. The zero-order valence-corrected chi connectivity index (χ0v) is 10.9. The van der Waals surface area contributed by atoms with E-state index in [1.54, 1.807) is 0 Å². The molecule has 3 heteroatoms. The summed E-state index contributed by atoms with van der Waals surface area (Å²) in [7, 11) is 0. The molecule has 0 unspecified atom stereocenters. The Labute approximate surface area is 107 Å². The third-order valence-corrected chi connectivity index (χ3v) is 3.23. The van der Waals surface area contributed by atoms with E-state index in [1.165, 1.54) is 41.9 Å². The fourth-order valence-electron chi connectivity index (χ4n) is 1.77. The SMILES string of the molecule is CCCCCNc1ccccc1-c1cs[c]n1. The van der Waals surface area contributed by atoms with Gasteiger partial charge in [0.1, 0.15) is 0 Å². The summed E-state index contributed by atoms with van der Waals surface area (Å²) >= 11 is 1.51. The second-order valence-corrected chi connectivity index (χ2v) is 4.66. The first kappa shape index (κ1) is 12.1. The highest BCUT2D eigenvalue weighted by molar-refractivity contribution is 7.07. The van der Waals surface area contributed by atoms with Gasteiger partial charge in [-0.25, -0.2) is 4.98 Å². The minimum absolute atomic E-state index is 1.01. The van der Waals surface area contributed by atoms with Gasteiger partial charge in [-0.05, 0) is 12.5 Å². The molecule has 89 valence electrons. The number of unbranched alkanes of at least 4 members (excludes halogenated alkanes) is 2. The lowest BCUT2D eigenvalue weighted by molar-refractivity contribution is 0.744. The highest BCUT2D eigenvalue weighted by atomic mass is 32.1. The summed E-state index contributed by atoms with van der Waals surface area (Å²) in [6, 6.07) is 8.32. The number of anilines is 1. The van der Waals surface area contributed by atoms with Gasteiger partial charge < -0.3 is 5.32 Å². The van der Waals surface area contributed by atoms with Gasteiger partial charge in [-0.3, -0.25) is 0 Å². The van der Waals surface area contributed by atoms with Crippen molar-refractivity contribution in [2.45, 2.75) is 26.2 Å². The molecule has 1 N–H and O–H groups in total. The number of para-hydroxylation sites is 1. The van der Waals surface area contributed by atoms with Crippen LogP contribution in [0.25, 0.3) is 11.3 Å². The van der Waals surface area contributed by atoms with E-state index in [9.17, 15) is 0 Å². The van der Waals surface area contributed by atoms with Crippen molar-refractivity contribution in [1.29, 1.82) is 0 Å². The highest BCUT2D eigenvalue weighted by Crippen LogP contribution is 2.27. The van der Waals surface area contributed by atoms with E-state index >= 15 is 0 Å². The van der Waals surface area contributed by atoms with E-state index in [0.717, 1.165) is 12.2 Å². The summed E-state index contributed by atoms with van der Waals surface area (Å²) in [5.41, 5.74) is 6.24. The zero-order valence-electron chi connectivity index (χ0n) is 10.1. The summed E-state index contributed by atoms with van der Waals surface area (Å²) in [5, 5.41) is 5.52. The van der Waals surface area contributed by atoms with Crippen LogP contribution in [0.4, 0.5) is 5.69 Å². The fourth-order valence-corrected chi connectivity index (χ4v) is 2.26. The number of hydrogen-bond donors (Lipinski definition) is 1. The fraction of sp³-hybridized carbons (Fsp3) is 0.357. The Morgan fingerprint density at radius 2 is 2.18 bits per heavy atom. The van der Waals surface area contributed by atoms with E-state index < -0.39 is 0 Å². The number of nitrogens with one attached hydrogen (secondary N) is 1. The Kier molecular flexibility index (Phi) is 4.56. The van der Waals surface area contributed by atoms with Crippen molar-refractivity contribution in [2.75, 3.05) is 11.9 Å². The Morgan fingerprint density at radius 3 is 2.94 bits per heavy atom. The van der Waals surface area contributed by atoms with Crippen molar-refractivity contribution in [3.8, 4) is 11.3 Å². The van der Waals surface area contributed by atoms with E-state index in [0.29, 0.717) is 0 Å². The molecule has 2 rings (SSSR count). The van der Waals surface area contributed by atoms with Crippen LogP contribution < -0.4 is 5.32 Å². The molecule has 2 nitrogen and oxygen atoms in total. The van der Waals surface area contributed by atoms with Gasteiger partial charge >= 0.3 is 0 Å². The van der Waals surface area contributed by atoms with Gasteiger partial charge in [0.05, 0.1) is 5.69 Å². The maximum atomic E-state index is 4.25. The number of nitrogens with zero attached hydrogens (tertiary/aromatic N) is 1. The molecule has 0 fully saturated rings. The molecule has 1 radical (unpaired) electrons. The third kappa shape index (κ3) is 3.30. The second-order valence-electron chi connectivity index (χ2n) is 4.00. The second kappa shape index (κ2) is 6.40. The Morgan fingerprint density at radius 1 is 1.29 bits per heavy atom. The molecule has 0 bridgehead atoms. The van der Waals surface area contributed by atoms with Crippen molar-refractivity contribution in [3.05, 3.63) is 35.2 Å². The van der Waals surface area contributed by atoms with E-state index in [-0.39, 0.29) is 0 Å². The zero-order chi connectivity index (χ0) is 11.9. The predicted octanol–water partition coefficient (Wildman–Crippen LogP) is 4.21. The number of benzene rings is 1. The lowest BCUT2D eigenvalue weighted by Gasteiger charge is -2.10. The summed E-state index contributed by atoms with van der Waals surface area (Å²) in [6.07, 6.45) is 3.75. The van der Waals surface area contributed by atoms with Crippen molar-refractivity contribution < 1.29 is 0 Å². The molecule has 0 saturated carbocycles. The Bertz CT molecular complexity index is 437. The molecular formula is C14H17N2S. The van der Waals surface area contributed by atoms with Gasteiger partial charge in [0.2, 0.25) is 0 Å². The summed E-state index contributed by atoms with van der Waals surface area (Å²) in [4.78, 5) is 4.25. The Balaban J connectivity index is 2.06. The topological polar surface area (TPSA) is 24.9 Å². The van der Waals surface area contributed by atoms with Crippen LogP contribution in [0.5, 0.6) is 0 Å². The van der Waals surface area contributed by atoms with E-state index in [4.69, 9.17) is 0 Å². The normalized spacial score (nSPS) is 10.4. The molecule has 17 heavy (non-hydrogen) atoms. The van der Waals surface area contributed by atoms with Crippen molar-refractivity contribution in [1.82, 2.24) is 4.98 Å². The van der Waals surface area contributed by atoms with Crippen LogP contribution in [0.1, 0.15) is 26.2 Å². The van der Waals surface area contributed by atoms with E-state index in [1.807, 2.05) is 11.4 Å². The molecule has 1 aromatic heterocycles. The van der Waals surface area contributed by atoms with Crippen molar-refractivity contribution in [2.24, 2.45) is 0 Å². The highest BCUT2D eigenvalue weighted by Gasteiger charge is 2.05. The lowest BCUT2D eigenvalue weighted by atomic mass is 10.1. The van der Waals surface area contributed by atoms with Gasteiger partial charge in [-0.15, -0.1) is 11.3 Å². The first-order chi connectivity index (χ1) is 8.42. The average Bonchev–Trinajstić information content (AvgIpc) is 2.89. The largest absolute Gasteiger partial charge is 0.384 e. The summed E-state index contributed by atoms with van der Waals surface area (Å²) in [6.45, 7) is 3.25. The lowest BCUT2D eigenvalue weighted by Crippen LogP contribution is -2.02. The molecule has 0 amide bonds. The van der Waals surface area contributed by atoms with Gasteiger partial charge in [0.15, 0.2) is 5.51 Å². The summed E-state index contributed by atoms with van der Waals surface area (Å²) in [5.74, 6) is 0. The standard InChI is InChI=1S/C14H17N2S/c1-2-3-6-9-15-13-8-5-4-7-12(13)14-10-17-11-16-14/h4-5,7-8,10,15H,2-3,6,9H2,1H3. The molecule has 0 aliphatic heterocycles. The quantitative estimate of drug-likeness (QED) is 0.771. The molecular weight excluding hydrogens is 228 g/mol. The number of hydrogen-bond acceptors (Lipinski definition) is 3. The third-order valence-electron chi connectivity index (χ3n) is 2.69. The molecule has 0 saturated heterocycles. The number of aromatic nitrogens is 1. The predicted molar refractivity (Wildman–Crippen MR) is 74.4 cm³/mol. The van der Waals surface area contributed by atoms with Crippen LogP contribution >= 0.6 is 11.3 Å².